The minimum Gasteiger partial charge on any atom is -0.284 e. The van der Waals surface area contributed by atoms with Crippen LogP contribution in [0.15, 0.2) is 24.3 Å². The molecule has 2 heteroatoms. The normalized spacial score (nSPS) is 15.4. The molecule has 1 aromatic heterocycles. The predicted octanol–water partition coefficient (Wildman–Crippen LogP) is 3.18. The Morgan fingerprint density at radius 1 is 1.31 bits per heavy atom. The second-order valence-corrected chi connectivity index (χ2v) is 4.42. The lowest BCUT2D eigenvalue weighted by molar-refractivity contribution is 0.0890. The van der Waals surface area contributed by atoms with E-state index >= 15 is 0 Å². The van der Waals surface area contributed by atoms with Crippen molar-refractivity contribution in [2.75, 3.05) is 0 Å². The summed E-state index contributed by atoms with van der Waals surface area (Å²) in [5.41, 5.74) is 3.62. The van der Waals surface area contributed by atoms with E-state index in [-0.39, 0.29) is 5.91 Å². The minimum absolute atomic E-state index is 0.254. The van der Waals surface area contributed by atoms with Gasteiger partial charge < -0.3 is 0 Å². The number of hydrogen-bond donors (Lipinski definition) is 0. The molecule has 1 aromatic carbocycles. The van der Waals surface area contributed by atoms with Crippen LogP contribution in [0.3, 0.4) is 0 Å². The first kappa shape index (κ1) is 9.64. The van der Waals surface area contributed by atoms with Gasteiger partial charge in [-0.3, -0.25) is 9.36 Å². The topological polar surface area (TPSA) is 22.0 Å². The van der Waals surface area contributed by atoms with Gasteiger partial charge in [0.15, 0.2) is 0 Å². The lowest BCUT2D eigenvalue weighted by Crippen LogP contribution is -2.18. The number of benzene rings is 1. The van der Waals surface area contributed by atoms with E-state index in [1.54, 1.807) is 0 Å². The molecule has 0 amide bonds. The molecule has 0 atom stereocenters. The van der Waals surface area contributed by atoms with Gasteiger partial charge in [-0.25, -0.2) is 0 Å². The summed E-state index contributed by atoms with van der Waals surface area (Å²) in [6.07, 6.45) is 3.74. The van der Waals surface area contributed by atoms with E-state index in [2.05, 4.69) is 31.2 Å². The first-order chi connectivity index (χ1) is 7.81. The van der Waals surface area contributed by atoms with Gasteiger partial charge in [0, 0.05) is 17.5 Å². The molecule has 1 aliphatic heterocycles. The molecule has 0 saturated heterocycles. The fourth-order valence-electron chi connectivity index (χ4n) is 2.67. The Kier molecular flexibility index (Phi) is 2.10. The molecule has 3 rings (SSSR count). The highest BCUT2D eigenvalue weighted by Gasteiger charge is 2.19. The van der Waals surface area contributed by atoms with Crippen LogP contribution in [0.4, 0.5) is 0 Å². The SMILES string of the molecule is CCc1cccc2c1cc1n2C(=O)CCC1. The fourth-order valence-corrected chi connectivity index (χ4v) is 2.67. The second kappa shape index (κ2) is 3.48. The zero-order chi connectivity index (χ0) is 11.1. The summed E-state index contributed by atoms with van der Waals surface area (Å²) in [4.78, 5) is 11.9. The largest absolute Gasteiger partial charge is 0.284 e. The van der Waals surface area contributed by atoms with Gasteiger partial charge in [0.25, 0.3) is 0 Å². The van der Waals surface area contributed by atoms with Crippen LogP contribution in [-0.2, 0) is 12.8 Å². The molecular formula is C14H15NO. The number of carbonyl (C=O) groups is 1. The van der Waals surface area contributed by atoms with Crippen LogP contribution in [0.5, 0.6) is 0 Å². The van der Waals surface area contributed by atoms with Crippen LogP contribution in [-0.4, -0.2) is 10.5 Å². The fraction of sp³-hybridized carbons (Fsp3) is 0.357. The van der Waals surface area contributed by atoms with Crippen molar-refractivity contribution in [1.29, 1.82) is 0 Å². The van der Waals surface area contributed by atoms with E-state index in [1.807, 2.05) is 4.57 Å². The molecule has 0 N–H and O–H groups in total. The Morgan fingerprint density at radius 2 is 2.19 bits per heavy atom. The number of hydrogen-bond acceptors (Lipinski definition) is 1. The second-order valence-electron chi connectivity index (χ2n) is 4.42. The monoisotopic (exact) mass is 213 g/mol. The van der Waals surface area contributed by atoms with Crippen molar-refractivity contribution in [3.05, 3.63) is 35.5 Å². The Balaban J connectivity index is 2.36. The van der Waals surface area contributed by atoms with E-state index in [1.165, 1.54) is 16.6 Å². The summed E-state index contributed by atoms with van der Waals surface area (Å²) in [6, 6.07) is 8.46. The van der Waals surface area contributed by atoms with E-state index in [0.717, 1.165) is 24.8 Å². The van der Waals surface area contributed by atoms with Gasteiger partial charge in [0.1, 0.15) is 0 Å². The lowest BCUT2D eigenvalue weighted by Gasteiger charge is -2.14. The third-order valence-electron chi connectivity index (χ3n) is 3.47. The van der Waals surface area contributed by atoms with Crippen molar-refractivity contribution >= 4 is 16.8 Å². The van der Waals surface area contributed by atoms with E-state index in [9.17, 15) is 4.79 Å². The maximum Gasteiger partial charge on any atom is 0.231 e. The molecule has 0 fully saturated rings. The van der Waals surface area contributed by atoms with Gasteiger partial charge in [-0.05, 0) is 37.0 Å². The number of aromatic nitrogens is 1. The Hall–Kier alpha value is -1.57. The molecule has 0 radical (unpaired) electrons. The lowest BCUT2D eigenvalue weighted by atomic mass is 10.1. The molecule has 82 valence electrons. The van der Waals surface area contributed by atoms with Crippen LogP contribution < -0.4 is 0 Å². The molecule has 2 heterocycles. The average molecular weight is 213 g/mol. The zero-order valence-corrected chi connectivity index (χ0v) is 9.49. The van der Waals surface area contributed by atoms with E-state index in [4.69, 9.17) is 0 Å². The molecular weight excluding hydrogens is 198 g/mol. The van der Waals surface area contributed by atoms with Gasteiger partial charge in [-0.15, -0.1) is 0 Å². The van der Waals surface area contributed by atoms with E-state index in [0.29, 0.717) is 6.42 Å². The first-order valence-corrected chi connectivity index (χ1v) is 5.96. The first-order valence-electron chi connectivity index (χ1n) is 5.96. The molecule has 1 aliphatic rings. The zero-order valence-electron chi connectivity index (χ0n) is 9.49. The number of fused-ring (bicyclic) bond motifs is 3. The van der Waals surface area contributed by atoms with Crippen molar-refractivity contribution in [2.45, 2.75) is 32.6 Å². The summed E-state index contributed by atoms with van der Waals surface area (Å²) in [5.74, 6) is 0.254. The van der Waals surface area contributed by atoms with Gasteiger partial charge in [0.2, 0.25) is 5.91 Å². The highest BCUT2D eigenvalue weighted by atomic mass is 16.2. The van der Waals surface area contributed by atoms with Gasteiger partial charge in [0.05, 0.1) is 5.52 Å². The van der Waals surface area contributed by atoms with Crippen LogP contribution in [0.1, 0.15) is 35.8 Å². The van der Waals surface area contributed by atoms with Crippen molar-refractivity contribution in [1.82, 2.24) is 4.57 Å². The van der Waals surface area contributed by atoms with Crippen molar-refractivity contribution in [3.8, 4) is 0 Å². The molecule has 2 nitrogen and oxygen atoms in total. The average Bonchev–Trinajstić information content (AvgIpc) is 2.68. The Morgan fingerprint density at radius 3 is 3.00 bits per heavy atom. The van der Waals surface area contributed by atoms with Gasteiger partial charge in [-0.1, -0.05) is 19.1 Å². The Labute approximate surface area is 94.9 Å². The summed E-state index contributed by atoms with van der Waals surface area (Å²) in [5, 5.41) is 1.26. The van der Waals surface area contributed by atoms with Crippen LogP contribution in [0.2, 0.25) is 0 Å². The quantitative estimate of drug-likeness (QED) is 0.713. The van der Waals surface area contributed by atoms with Crippen molar-refractivity contribution < 1.29 is 4.79 Å². The van der Waals surface area contributed by atoms with Crippen molar-refractivity contribution in [2.24, 2.45) is 0 Å². The maximum absolute atomic E-state index is 11.9. The third kappa shape index (κ3) is 1.22. The third-order valence-corrected chi connectivity index (χ3v) is 3.47. The minimum atomic E-state index is 0.254. The highest BCUT2D eigenvalue weighted by Crippen LogP contribution is 2.27. The number of carbonyl (C=O) groups excluding carboxylic acids is 1. The molecule has 16 heavy (non-hydrogen) atoms. The van der Waals surface area contributed by atoms with Crippen LogP contribution in [0.25, 0.3) is 10.9 Å². The molecule has 0 bridgehead atoms. The highest BCUT2D eigenvalue weighted by molar-refractivity contribution is 5.96. The summed E-state index contributed by atoms with van der Waals surface area (Å²) < 4.78 is 1.91. The molecule has 0 spiro atoms. The van der Waals surface area contributed by atoms with E-state index < -0.39 is 0 Å². The molecule has 0 saturated carbocycles. The number of rotatable bonds is 1. The number of aryl methyl sites for hydroxylation is 2. The van der Waals surface area contributed by atoms with Gasteiger partial charge >= 0.3 is 0 Å². The Bertz CT molecular complexity index is 565. The smallest absolute Gasteiger partial charge is 0.231 e. The summed E-state index contributed by atoms with van der Waals surface area (Å²) >= 11 is 0. The molecule has 2 aromatic rings. The number of nitrogens with zero attached hydrogens (tertiary/aromatic N) is 1. The predicted molar refractivity (Wildman–Crippen MR) is 64.9 cm³/mol. The van der Waals surface area contributed by atoms with Gasteiger partial charge in [-0.2, -0.15) is 0 Å². The summed E-state index contributed by atoms with van der Waals surface area (Å²) in [7, 11) is 0. The standard InChI is InChI=1S/C14H15NO/c1-2-10-5-3-7-13-12(10)9-11-6-4-8-14(16)15(11)13/h3,5,7,9H,2,4,6,8H2,1H3. The maximum atomic E-state index is 11.9. The van der Waals surface area contributed by atoms with Crippen molar-refractivity contribution in [3.63, 3.8) is 0 Å². The van der Waals surface area contributed by atoms with Crippen LogP contribution in [0, 0.1) is 0 Å². The molecule has 0 unspecified atom stereocenters. The van der Waals surface area contributed by atoms with Crippen LogP contribution >= 0.6 is 0 Å². The molecule has 0 aliphatic carbocycles. The summed E-state index contributed by atoms with van der Waals surface area (Å²) in [6.45, 7) is 2.16.